The van der Waals surface area contributed by atoms with Crippen molar-refractivity contribution in [1.29, 1.82) is 0 Å². The van der Waals surface area contributed by atoms with Gasteiger partial charge in [0.1, 0.15) is 0 Å². The smallest absolute Gasteiger partial charge is 0.0959 e. The Kier molecular flexibility index (Phi) is 3.15. The average Bonchev–Trinajstić information content (AvgIpc) is 2.95. The molecule has 0 saturated heterocycles. The lowest BCUT2D eigenvalue weighted by Crippen LogP contribution is -2.28. The van der Waals surface area contributed by atoms with Crippen molar-refractivity contribution in [1.82, 2.24) is 10.3 Å². The molecule has 1 aromatic heterocycles. The van der Waals surface area contributed by atoms with Crippen LogP contribution in [0.2, 0.25) is 0 Å². The molecule has 0 spiro atoms. The minimum atomic E-state index is 0.154. The van der Waals surface area contributed by atoms with Crippen LogP contribution in [0.1, 0.15) is 36.4 Å². The van der Waals surface area contributed by atoms with Gasteiger partial charge in [0, 0.05) is 23.9 Å². The maximum absolute atomic E-state index is 8.84. The summed E-state index contributed by atoms with van der Waals surface area (Å²) < 4.78 is 0. The number of nitrogens with one attached hydrogen (secondary N) is 1. The lowest BCUT2D eigenvalue weighted by atomic mass is 10.3. The summed E-state index contributed by atoms with van der Waals surface area (Å²) in [5.74, 6) is 0.754. The van der Waals surface area contributed by atoms with Crippen molar-refractivity contribution in [3.05, 3.63) is 16.1 Å². The molecule has 78 valence electrons. The van der Waals surface area contributed by atoms with E-state index < -0.39 is 0 Å². The zero-order valence-electron chi connectivity index (χ0n) is 8.36. The van der Waals surface area contributed by atoms with Crippen molar-refractivity contribution in [2.75, 3.05) is 6.61 Å². The monoisotopic (exact) mass is 212 g/mol. The maximum atomic E-state index is 8.84. The number of aliphatic hydroxyl groups is 1. The molecule has 1 atom stereocenters. The summed E-state index contributed by atoms with van der Waals surface area (Å²) in [7, 11) is 0. The molecular formula is C10H16N2OS. The van der Waals surface area contributed by atoms with Crippen molar-refractivity contribution in [2.24, 2.45) is 0 Å². The van der Waals surface area contributed by atoms with E-state index in [0.717, 1.165) is 18.2 Å². The highest BCUT2D eigenvalue weighted by Gasteiger charge is 2.26. The van der Waals surface area contributed by atoms with E-state index in [1.807, 2.05) is 6.92 Å². The van der Waals surface area contributed by atoms with Crippen LogP contribution in [0.25, 0.3) is 0 Å². The van der Waals surface area contributed by atoms with Gasteiger partial charge in [0.05, 0.1) is 17.3 Å². The minimum absolute atomic E-state index is 0.154. The highest BCUT2D eigenvalue weighted by molar-refractivity contribution is 7.09. The van der Waals surface area contributed by atoms with Gasteiger partial charge in [-0.2, -0.15) is 0 Å². The minimum Gasteiger partial charge on any atom is -0.395 e. The van der Waals surface area contributed by atoms with E-state index in [1.54, 1.807) is 11.3 Å². The number of aliphatic hydroxyl groups excluding tert-OH is 1. The number of aromatic nitrogens is 1. The summed E-state index contributed by atoms with van der Waals surface area (Å²) in [4.78, 5) is 4.55. The second-order valence-electron chi connectivity index (χ2n) is 3.92. The van der Waals surface area contributed by atoms with E-state index in [-0.39, 0.29) is 12.6 Å². The van der Waals surface area contributed by atoms with Gasteiger partial charge in [0.2, 0.25) is 0 Å². The molecule has 0 amide bonds. The van der Waals surface area contributed by atoms with Crippen LogP contribution in [0.5, 0.6) is 0 Å². The van der Waals surface area contributed by atoms with E-state index in [1.165, 1.54) is 17.8 Å². The van der Waals surface area contributed by atoms with E-state index in [9.17, 15) is 0 Å². The molecular weight excluding hydrogens is 196 g/mol. The number of rotatable bonds is 5. The summed E-state index contributed by atoms with van der Waals surface area (Å²) >= 11 is 1.77. The van der Waals surface area contributed by atoms with Crippen molar-refractivity contribution in [2.45, 2.75) is 38.3 Å². The molecule has 0 bridgehead atoms. The molecule has 0 aromatic carbocycles. The predicted octanol–water partition coefficient (Wildman–Crippen LogP) is 1.49. The Morgan fingerprint density at radius 3 is 3.14 bits per heavy atom. The maximum Gasteiger partial charge on any atom is 0.0959 e. The van der Waals surface area contributed by atoms with Gasteiger partial charge in [0.15, 0.2) is 0 Å². The van der Waals surface area contributed by atoms with Gasteiger partial charge < -0.3 is 10.4 Å². The lowest BCUT2D eigenvalue weighted by Gasteiger charge is -2.08. The molecule has 3 nitrogen and oxygen atoms in total. The van der Waals surface area contributed by atoms with Crippen LogP contribution in [0.15, 0.2) is 5.38 Å². The van der Waals surface area contributed by atoms with E-state index >= 15 is 0 Å². The van der Waals surface area contributed by atoms with Gasteiger partial charge in [-0.15, -0.1) is 11.3 Å². The Morgan fingerprint density at radius 2 is 2.50 bits per heavy atom. The fourth-order valence-corrected chi connectivity index (χ4v) is 2.26. The summed E-state index contributed by atoms with van der Waals surface area (Å²) in [6.07, 6.45) is 2.63. The largest absolute Gasteiger partial charge is 0.395 e. The van der Waals surface area contributed by atoms with Crippen molar-refractivity contribution < 1.29 is 5.11 Å². The third kappa shape index (κ3) is 2.53. The Balaban J connectivity index is 1.83. The summed E-state index contributed by atoms with van der Waals surface area (Å²) in [5, 5.41) is 15.5. The molecule has 1 saturated carbocycles. The fourth-order valence-electron chi connectivity index (χ4n) is 1.26. The van der Waals surface area contributed by atoms with Crippen LogP contribution in [0.4, 0.5) is 0 Å². The molecule has 1 unspecified atom stereocenters. The molecule has 0 aliphatic heterocycles. The van der Waals surface area contributed by atoms with E-state index in [2.05, 4.69) is 15.7 Å². The van der Waals surface area contributed by atoms with Gasteiger partial charge in [-0.25, -0.2) is 4.98 Å². The molecule has 1 heterocycles. The van der Waals surface area contributed by atoms with Crippen LogP contribution in [-0.2, 0) is 6.54 Å². The Morgan fingerprint density at radius 1 is 1.71 bits per heavy atom. The molecule has 0 radical (unpaired) electrons. The van der Waals surface area contributed by atoms with Crippen molar-refractivity contribution >= 4 is 11.3 Å². The van der Waals surface area contributed by atoms with Crippen LogP contribution >= 0.6 is 11.3 Å². The van der Waals surface area contributed by atoms with Crippen LogP contribution in [0.3, 0.4) is 0 Å². The third-order valence-electron chi connectivity index (χ3n) is 2.40. The zero-order valence-corrected chi connectivity index (χ0v) is 9.18. The normalized spacial score (nSPS) is 18.4. The number of nitrogens with zero attached hydrogens (tertiary/aromatic N) is 1. The molecule has 2 N–H and O–H groups in total. The van der Waals surface area contributed by atoms with Crippen LogP contribution in [0, 0.1) is 0 Å². The molecule has 14 heavy (non-hydrogen) atoms. The topological polar surface area (TPSA) is 45.1 Å². The van der Waals surface area contributed by atoms with Gasteiger partial charge in [-0.3, -0.25) is 0 Å². The quantitative estimate of drug-likeness (QED) is 0.777. The number of hydrogen-bond donors (Lipinski definition) is 2. The fraction of sp³-hybridized carbons (Fsp3) is 0.700. The summed E-state index contributed by atoms with van der Waals surface area (Å²) in [5.41, 5.74) is 1.11. The second kappa shape index (κ2) is 4.38. The SMILES string of the molecule is CC(CO)NCc1csc(C2CC2)n1. The predicted molar refractivity (Wildman–Crippen MR) is 57.5 cm³/mol. The Hall–Kier alpha value is -0.450. The zero-order chi connectivity index (χ0) is 9.97. The van der Waals surface area contributed by atoms with Crippen molar-refractivity contribution in [3.63, 3.8) is 0 Å². The molecule has 1 aliphatic rings. The van der Waals surface area contributed by atoms with E-state index in [4.69, 9.17) is 5.11 Å². The number of hydrogen-bond acceptors (Lipinski definition) is 4. The van der Waals surface area contributed by atoms with Gasteiger partial charge in [-0.05, 0) is 19.8 Å². The summed E-state index contributed by atoms with van der Waals surface area (Å²) in [6.45, 7) is 2.92. The molecule has 4 heteroatoms. The van der Waals surface area contributed by atoms with Crippen LogP contribution in [-0.4, -0.2) is 22.7 Å². The van der Waals surface area contributed by atoms with E-state index in [0.29, 0.717) is 0 Å². The molecule has 1 fully saturated rings. The highest BCUT2D eigenvalue weighted by Crippen LogP contribution is 2.41. The first-order valence-electron chi connectivity index (χ1n) is 5.08. The first-order valence-corrected chi connectivity index (χ1v) is 5.96. The average molecular weight is 212 g/mol. The highest BCUT2D eigenvalue weighted by atomic mass is 32.1. The van der Waals surface area contributed by atoms with Crippen LogP contribution < -0.4 is 5.32 Å². The molecule has 1 aliphatic carbocycles. The molecule has 2 rings (SSSR count). The standard InChI is InChI=1S/C10H16N2OS/c1-7(5-13)11-4-9-6-14-10(12-9)8-2-3-8/h6-8,11,13H,2-5H2,1H3. The van der Waals surface area contributed by atoms with Crippen molar-refractivity contribution in [3.8, 4) is 0 Å². The lowest BCUT2D eigenvalue weighted by molar-refractivity contribution is 0.250. The van der Waals surface area contributed by atoms with Gasteiger partial charge in [-0.1, -0.05) is 0 Å². The van der Waals surface area contributed by atoms with Gasteiger partial charge in [0.25, 0.3) is 0 Å². The Labute approximate surface area is 88.2 Å². The Bertz CT molecular complexity index is 296. The van der Waals surface area contributed by atoms with Gasteiger partial charge >= 0.3 is 0 Å². The second-order valence-corrected chi connectivity index (χ2v) is 4.81. The number of thiazole rings is 1. The first kappa shape index (κ1) is 10.1. The molecule has 1 aromatic rings. The third-order valence-corrected chi connectivity index (χ3v) is 3.46. The first-order chi connectivity index (χ1) is 6.79. The summed E-state index contributed by atoms with van der Waals surface area (Å²) in [6, 6.07) is 0.154.